The minimum atomic E-state index is -0.210. The van der Waals surface area contributed by atoms with Crippen LogP contribution in [0.25, 0.3) is 22.3 Å². The van der Waals surface area contributed by atoms with Crippen LogP contribution >= 0.6 is 67.8 Å². The SMILES string of the molecule is Fc1cc(I)cc(-c2ccc(-c3ccc(COc4c(I)cccc4I)cc3)cc2)c1. The molecule has 0 aliphatic rings. The highest BCUT2D eigenvalue weighted by atomic mass is 127. The molecule has 0 heterocycles. The minimum Gasteiger partial charge on any atom is -0.487 e. The highest BCUT2D eigenvalue weighted by Gasteiger charge is 2.07. The first-order valence-electron chi connectivity index (χ1n) is 9.22. The molecule has 0 fully saturated rings. The number of hydrogen-bond donors (Lipinski definition) is 0. The quantitative estimate of drug-likeness (QED) is 0.187. The topological polar surface area (TPSA) is 9.23 Å². The standard InChI is InChI=1S/C25H16FI3O/c26-21-12-20(13-22(27)14-21)19-10-8-18(9-11-19)17-6-4-16(5-7-17)15-30-25-23(28)2-1-3-24(25)29/h1-14H,15H2. The van der Waals surface area contributed by atoms with Gasteiger partial charge in [-0.2, -0.15) is 0 Å². The van der Waals surface area contributed by atoms with Gasteiger partial charge in [0.1, 0.15) is 18.2 Å². The Labute approximate surface area is 216 Å². The molecular weight excluding hydrogens is 716 g/mol. The Bertz CT molecular complexity index is 1130. The molecule has 0 amide bonds. The van der Waals surface area contributed by atoms with E-state index in [0.29, 0.717) is 6.61 Å². The summed E-state index contributed by atoms with van der Waals surface area (Å²) in [4.78, 5) is 0. The first-order chi connectivity index (χ1) is 14.5. The largest absolute Gasteiger partial charge is 0.487 e. The maximum atomic E-state index is 13.7. The van der Waals surface area contributed by atoms with Crippen LogP contribution in [0.5, 0.6) is 5.75 Å². The van der Waals surface area contributed by atoms with Crippen molar-refractivity contribution in [2.75, 3.05) is 0 Å². The van der Waals surface area contributed by atoms with Crippen molar-refractivity contribution >= 4 is 67.8 Å². The zero-order chi connectivity index (χ0) is 21.1. The van der Waals surface area contributed by atoms with Gasteiger partial charge in [-0.3, -0.25) is 0 Å². The predicted molar refractivity (Wildman–Crippen MR) is 146 cm³/mol. The van der Waals surface area contributed by atoms with Crippen molar-refractivity contribution in [1.82, 2.24) is 0 Å². The highest BCUT2D eigenvalue weighted by molar-refractivity contribution is 14.1. The van der Waals surface area contributed by atoms with E-state index in [1.54, 1.807) is 6.07 Å². The van der Waals surface area contributed by atoms with Gasteiger partial charge in [-0.1, -0.05) is 54.6 Å². The van der Waals surface area contributed by atoms with Crippen molar-refractivity contribution in [2.24, 2.45) is 0 Å². The second-order valence-electron chi connectivity index (χ2n) is 6.77. The van der Waals surface area contributed by atoms with E-state index < -0.39 is 0 Å². The first-order valence-corrected chi connectivity index (χ1v) is 12.5. The molecule has 4 aromatic rings. The van der Waals surface area contributed by atoms with E-state index in [-0.39, 0.29) is 5.82 Å². The van der Waals surface area contributed by atoms with Crippen LogP contribution in [-0.2, 0) is 6.61 Å². The molecule has 0 aliphatic carbocycles. The Morgan fingerprint density at radius 2 is 1.17 bits per heavy atom. The van der Waals surface area contributed by atoms with E-state index in [4.69, 9.17) is 4.74 Å². The Morgan fingerprint density at radius 1 is 0.633 bits per heavy atom. The van der Waals surface area contributed by atoms with Crippen LogP contribution in [0, 0.1) is 16.5 Å². The zero-order valence-corrected chi connectivity index (χ0v) is 22.2. The number of rotatable bonds is 5. The molecular formula is C25H16FI3O. The van der Waals surface area contributed by atoms with Crippen LogP contribution in [0.4, 0.5) is 4.39 Å². The van der Waals surface area contributed by atoms with E-state index in [2.05, 4.69) is 116 Å². The van der Waals surface area contributed by atoms with Crippen LogP contribution in [-0.4, -0.2) is 0 Å². The maximum absolute atomic E-state index is 13.7. The van der Waals surface area contributed by atoms with Crippen molar-refractivity contribution in [1.29, 1.82) is 0 Å². The Hall–Kier alpha value is -1.20. The third-order valence-electron chi connectivity index (χ3n) is 4.67. The van der Waals surface area contributed by atoms with Crippen molar-refractivity contribution in [3.05, 3.63) is 107 Å². The van der Waals surface area contributed by atoms with Gasteiger partial charge in [0.15, 0.2) is 0 Å². The summed E-state index contributed by atoms with van der Waals surface area (Å²) in [6.45, 7) is 0.535. The maximum Gasteiger partial charge on any atom is 0.146 e. The van der Waals surface area contributed by atoms with Crippen LogP contribution in [0.3, 0.4) is 0 Å². The second kappa shape index (κ2) is 9.95. The van der Waals surface area contributed by atoms with Crippen LogP contribution in [0.2, 0.25) is 0 Å². The van der Waals surface area contributed by atoms with Crippen LogP contribution in [0.15, 0.2) is 84.9 Å². The van der Waals surface area contributed by atoms with E-state index in [1.165, 1.54) is 6.07 Å². The summed E-state index contributed by atoms with van der Waals surface area (Å²) in [5, 5.41) is 0. The van der Waals surface area contributed by atoms with E-state index in [9.17, 15) is 4.39 Å². The summed E-state index contributed by atoms with van der Waals surface area (Å²) >= 11 is 6.74. The van der Waals surface area contributed by atoms with Gasteiger partial charge in [-0.15, -0.1) is 0 Å². The molecule has 0 spiro atoms. The minimum absolute atomic E-state index is 0.210. The molecule has 4 aromatic carbocycles. The van der Waals surface area contributed by atoms with Gasteiger partial charge >= 0.3 is 0 Å². The fourth-order valence-corrected chi connectivity index (χ4v) is 5.60. The molecule has 150 valence electrons. The molecule has 0 N–H and O–H groups in total. The third-order valence-corrected chi connectivity index (χ3v) is 6.99. The zero-order valence-electron chi connectivity index (χ0n) is 15.7. The van der Waals surface area contributed by atoms with E-state index in [0.717, 1.165) is 44.3 Å². The van der Waals surface area contributed by atoms with Crippen LogP contribution < -0.4 is 4.74 Å². The molecule has 0 saturated heterocycles. The van der Waals surface area contributed by atoms with Gasteiger partial charge in [0, 0.05) is 3.57 Å². The van der Waals surface area contributed by atoms with E-state index in [1.807, 2.05) is 24.3 Å². The van der Waals surface area contributed by atoms with Crippen molar-refractivity contribution in [3.8, 4) is 28.0 Å². The number of para-hydroxylation sites is 1. The molecule has 0 atom stereocenters. The average Bonchev–Trinajstić information content (AvgIpc) is 2.73. The van der Waals surface area contributed by atoms with Crippen molar-refractivity contribution in [2.45, 2.75) is 6.61 Å². The number of hydrogen-bond acceptors (Lipinski definition) is 1. The first kappa shape index (κ1) is 22.0. The predicted octanol–water partition coefficient (Wildman–Crippen LogP) is 8.55. The van der Waals surface area contributed by atoms with Gasteiger partial charge < -0.3 is 4.74 Å². The monoisotopic (exact) mass is 732 g/mol. The van der Waals surface area contributed by atoms with Crippen molar-refractivity contribution in [3.63, 3.8) is 0 Å². The Balaban J connectivity index is 1.47. The molecule has 5 heteroatoms. The van der Waals surface area contributed by atoms with Gasteiger partial charge in [0.05, 0.1) is 7.14 Å². The lowest BCUT2D eigenvalue weighted by Gasteiger charge is -2.11. The molecule has 0 saturated carbocycles. The van der Waals surface area contributed by atoms with E-state index >= 15 is 0 Å². The normalized spacial score (nSPS) is 10.8. The molecule has 4 rings (SSSR count). The summed E-state index contributed by atoms with van der Waals surface area (Å²) in [5.41, 5.74) is 5.30. The summed E-state index contributed by atoms with van der Waals surface area (Å²) < 4.78 is 22.9. The lowest BCUT2D eigenvalue weighted by atomic mass is 9.99. The molecule has 0 bridgehead atoms. The fourth-order valence-electron chi connectivity index (χ4n) is 3.14. The van der Waals surface area contributed by atoms with Gasteiger partial charge in [0.2, 0.25) is 0 Å². The smallest absolute Gasteiger partial charge is 0.146 e. The lowest BCUT2D eigenvalue weighted by Crippen LogP contribution is -1.98. The van der Waals surface area contributed by atoms with Gasteiger partial charge in [0.25, 0.3) is 0 Å². The molecule has 0 aliphatic heterocycles. The molecule has 1 nitrogen and oxygen atoms in total. The second-order valence-corrected chi connectivity index (χ2v) is 10.3. The number of halogens is 4. The summed E-state index contributed by atoms with van der Waals surface area (Å²) in [6, 6.07) is 27.9. The number of ether oxygens (including phenoxy) is 1. The fraction of sp³-hybridized carbons (Fsp3) is 0.0400. The van der Waals surface area contributed by atoms with Gasteiger partial charge in [-0.05, 0) is 126 Å². The Kier molecular flexibility index (Phi) is 7.30. The lowest BCUT2D eigenvalue weighted by molar-refractivity contribution is 0.302. The average molecular weight is 732 g/mol. The van der Waals surface area contributed by atoms with Gasteiger partial charge in [-0.25, -0.2) is 4.39 Å². The molecule has 0 radical (unpaired) electrons. The summed E-state index contributed by atoms with van der Waals surface area (Å²) in [7, 11) is 0. The molecule has 0 unspecified atom stereocenters. The molecule has 0 aromatic heterocycles. The van der Waals surface area contributed by atoms with Crippen LogP contribution in [0.1, 0.15) is 5.56 Å². The third kappa shape index (κ3) is 5.34. The summed E-state index contributed by atoms with van der Waals surface area (Å²) in [5.74, 6) is 0.726. The Morgan fingerprint density at radius 3 is 1.73 bits per heavy atom. The van der Waals surface area contributed by atoms with Crippen molar-refractivity contribution < 1.29 is 9.13 Å². The highest BCUT2D eigenvalue weighted by Crippen LogP contribution is 2.29. The summed E-state index contributed by atoms with van der Waals surface area (Å²) in [6.07, 6.45) is 0. The number of benzene rings is 4. The molecule has 30 heavy (non-hydrogen) atoms.